The minimum Gasteiger partial charge on any atom is -0.467 e. The van der Waals surface area contributed by atoms with Gasteiger partial charge >= 0.3 is 0 Å². The predicted octanol–water partition coefficient (Wildman–Crippen LogP) is 4.05. The van der Waals surface area contributed by atoms with Crippen molar-refractivity contribution < 1.29 is 14.0 Å². The SMILES string of the molecule is Cc1cc(C)c(-c2csc(NC(=O)CN3CCCC3C(=O)NCc3ccco3)n2)c(C)c1. The van der Waals surface area contributed by atoms with Crippen LogP contribution in [-0.2, 0) is 16.1 Å². The summed E-state index contributed by atoms with van der Waals surface area (Å²) in [5.41, 5.74) is 5.55. The van der Waals surface area contributed by atoms with Gasteiger partial charge in [0.05, 0.1) is 31.1 Å². The van der Waals surface area contributed by atoms with Crippen LogP contribution >= 0.6 is 11.3 Å². The maximum Gasteiger partial charge on any atom is 0.240 e. The second-order valence-electron chi connectivity index (χ2n) is 8.29. The Balaban J connectivity index is 1.35. The molecule has 1 aromatic carbocycles. The molecule has 1 unspecified atom stereocenters. The molecule has 0 radical (unpaired) electrons. The van der Waals surface area contributed by atoms with Gasteiger partial charge in [0.25, 0.3) is 0 Å². The number of nitrogens with zero attached hydrogens (tertiary/aromatic N) is 2. The van der Waals surface area contributed by atoms with Gasteiger partial charge < -0.3 is 15.1 Å². The molecule has 2 amide bonds. The Morgan fingerprint density at radius 3 is 2.75 bits per heavy atom. The highest BCUT2D eigenvalue weighted by molar-refractivity contribution is 7.14. The Morgan fingerprint density at radius 1 is 1.25 bits per heavy atom. The van der Waals surface area contributed by atoms with E-state index in [4.69, 9.17) is 4.42 Å². The molecule has 4 rings (SSSR count). The van der Waals surface area contributed by atoms with Crippen molar-refractivity contribution in [3.05, 3.63) is 58.4 Å². The van der Waals surface area contributed by atoms with Crippen LogP contribution in [-0.4, -0.2) is 40.8 Å². The summed E-state index contributed by atoms with van der Waals surface area (Å²) < 4.78 is 5.26. The number of nitrogens with one attached hydrogen (secondary N) is 2. The Kier molecular flexibility index (Phi) is 6.72. The van der Waals surface area contributed by atoms with Crippen LogP contribution in [0.1, 0.15) is 35.3 Å². The Hall–Kier alpha value is -2.97. The smallest absolute Gasteiger partial charge is 0.240 e. The monoisotopic (exact) mass is 452 g/mol. The van der Waals surface area contributed by atoms with Crippen molar-refractivity contribution in [2.75, 3.05) is 18.4 Å². The number of hydrogen-bond donors (Lipinski definition) is 2. The first kappa shape index (κ1) is 22.2. The molecular formula is C24H28N4O3S. The van der Waals surface area contributed by atoms with E-state index in [1.54, 1.807) is 12.3 Å². The lowest BCUT2D eigenvalue weighted by Crippen LogP contribution is -2.45. The molecule has 7 nitrogen and oxygen atoms in total. The molecule has 32 heavy (non-hydrogen) atoms. The van der Waals surface area contributed by atoms with Gasteiger partial charge in [-0.3, -0.25) is 14.5 Å². The van der Waals surface area contributed by atoms with E-state index in [-0.39, 0.29) is 24.4 Å². The van der Waals surface area contributed by atoms with Crippen LogP contribution in [0.2, 0.25) is 0 Å². The fraction of sp³-hybridized carbons (Fsp3) is 0.375. The predicted molar refractivity (Wildman–Crippen MR) is 126 cm³/mol. The zero-order chi connectivity index (χ0) is 22.7. The van der Waals surface area contributed by atoms with Crippen molar-refractivity contribution >= 4 is 28.3 Å². The van der Waals surface area contributed by atoms with Crippen molar-refractivity contribution in [1.82, 2.24) is 15.2 Å². The molecule has 0 spiro atoms. The fourth-order valence-electron chi connectivity index (χ4n) is 4.39. The number of benzene rings is 1. The largest absolute Gasteiger partial charge is 0.467 e. The van der Waals surface area contributed by atoms with E-state index in [1.807, 2.05) is 16.3 Å². The van der Waals surface area contributed by atoms with Gasteiger partial charge in [0.1, 0.15) is 5.76 Å². The molecule has 1 aliphatic rings. The zero-order valence-corrected chi connectivity index (χ0v) is 19.4. The molecule has 1 fully saturated rings. The van der Waals surface area contributed by atoms with Gasteiger partial charge in [0, 0.05) is 10.9 Å². The van der Waals surface area contributed by atoms with Crippen molar-refractivity contribution in [1.29, 1.82) is 0 Å². The Morgan fingerprint density at radius 2 is 2.03 bits per heavy atom. The molecular weight excluding hydrogens is 424 g/mol. The molecule has 1 saturated heterocycles. The van der Waals surface area contributed by atoms with Crippen LogP contribution in [0.3, 0.4) is 0 Å². The first-order valence-corrected chi connectivity index (χ1v) is 11.7. The van der Waals surface area contributed by atoms with Crippen LogP contribution in [0.15, 0.2) is 40.3 Å². The summed E-state index contributed by atoms with van der Waals surface area (Å²) in [7, 11) is 0. The Labute approximate surface area is 191 Å². The van der Waals surface area contributed by atoms with Gasteiger partial charge in [-0.15, -0.1) is 11.3 Å². The van der Waals surface area contributed by atoms with Gasteiger partial charge in [-0.2, -0.15) is 0 Å². The number of carbonyl (C=O) groups excluding carboxylic acids is 2. The van der Waals surface area contributed by atoms with Gasteiger partial charge in [-0.05, 0) is 63.4 Å². The van der Waals surface area contributed by atoms with Crippen LogP contribution < -0.4 is 10.6 Å². The highest BCUT2D eigenvalue weighted by atomic mass is 32.1. The standard InChI is InChI=1S/C24H28N4O3S/c1-15-10-16(2)22(17(3)11-15)19-14-32-24(26-19)27-21(29)13-28-8-4-7-20(28)23(30)25-12-18-6-5-9-31-18/h5-6,9-11,14,20H,4,7-8,12-13H2,1-3H3,(H,25,30)(H,26,27,29). The molecule has 1 atom stereocenters. The Bertz CT molecular complexity index is 1080. The highest BCUT2D eigenvalue weighted by Gasteiger charge is 2.32. The molecule has 3 heterocycles. The van der Waals surface area contributed by atoms with Crippen molar-refractivity contribution in [2.24, 2.45) is 0 Å². The summed E-state index contributed by atoms with van der Waals surface area (Å²) in [6, 6.07) is 7.59. The third kappa shape index (κ3) is 5.08. The van der Waals surface area contributed by atoms with E-state index >= 15 is 0 Å². The lowest BCUT2D eigenvalue weighted by atomic mass is 9.98. The first-order chi connectivity index (χ1) is 15.4. The van der Waals surface area contributed by atoms with Crippen molar-refractivity contribution in [3.63, 3.8) is 0 Å². The number of aromatic nitrogens is 1. The van der Waals surface area contributed by atoms with Crippen LogP contribution in [0.4, 0.5) is 5.13 Å². The molecule has 0 bridgehead atoms. The topological polar surface area (TPSA) is 87.5 Å². The van der Waals surface area contributed by atoms with E-state index in [2.05, 4.69) is 48.5 Å². The average molecular weight is 453 g/mol. The zero-order valence-electron chi connectivity index (χ0n) is 18.6. The molecule has 2 N–H and O–H groups in total. The normalized spacial score (nSPS) is 16.3. The quantitative estimate of drug-likeness (QED) is 0.565. The highest BCUT2D eigenvalue weighted by Crippen LogP contribution is 2.31. The number of carbonyl (C=O) groups is 2. The van der Waals surface area contributed by atoms with Crippen molar-refractivity contribution in [2.45, 2.75) is 46.2 Å². The maximum atomic E-state index is 12.7. The minimum absolute atomic E-state index is 0.0754. The van der Waals surface area contributed by atoms with E-state index < -0.39 is 0 Å². The summed E-state index contributed by atoms with van der Waals surface area (Å²) in [6.45, 7) is 7.48. The fourth-order valence-corrected chi connectivity index (χ4v) is 5.11. The molecule has 168 valence electrons. The number of hydrogen-bond acceptors (Lipinski definition) is 6. The summed E-state index contributed by atoms with van der Waals surface area (Å²) in [6.07, 6.45) is 3.21. The van der Waals surface area contributed by atoms with E-state index in [1.165, 1.54) is 28.0 Å². The molecule has 2 aromatic heterocycles. The number of thiazole rings is 1. The van der Waals surface area contributed by atoms with E-state index in [9.17, 15) is 9.59 Å². The third-order valence-corrected chi connectivity index (χ3v) is 6.47. The number of anilines is 1. The number of amides is 2. The second-order valence-corrected chi connectivity index (χ2v) is 9.14. The van der Waals surface area contributed by atoms with Gasteiger partial charge in [0.2, 0.25) is 11.8 Å². The molecule has 8 heteroatoms. The summed E-state index contributed by atoms with van der Waals surface area (Å²) in [4.78, 5) is 31.8. The number of rotatable bonds is 7. The van der Waals surface area contributed by atoms with E-state index in [0.717, 1.165) is 30.6 Å². The second kappa shape index (κ2) is 9.67. The van der Waals surface area contributed by atoms with Crippen molar-refractivity contribution in [3.8, 4) is 11.3 Å². The summed E-state index contributed by atoms with van der Waals surface area (Å²) in [5, 5.41) is 8.35. The van der Waals surface area contributed by atoms with Gasteiger partial charge in [-0.1, -0.05) is 17.7 Å². The van der Waals surface area contributed by atoms with E-state index in [0.29, 0.717) is 17.4 Å². The lowest BCUT2D eigenvalue weighted by Gasteiger charge is -2.22. The molecule has 0 saturated carbocycles. The number of furan rings is 1. The van der Waals surface area contributed by atoms with Crippen LogP contribution in [0.5, 0.6) is 0 Å². The summed E-state index contributed by atoms with van der Waals surface area (Å²) in [5.74, 6) is 0.474. The maximum absolute atomic E-state index is 12.7. The minimum atomic E-state index is -0.305. The third-order valence-electron chi connectivity index (χ3n) is 5.71. The summed E-state index contributed by atoms with van der Waals surface area (Å²) >= 11 is 1.41. The molecule has 3 aromatic rings. The first-order valence-electron chi connectivity index (χ1n) is 10.8. The lowest BCUT2D eigenvalue weighted by molar-refractivity contribution is -0.126. The van der Waals surface area contributed by atoms with Crippen LogP contribution in [0, 0.1) is 20.8 Å². The number of aryl methyl sites for hydroxylation is 3. The molecule has 1 aliphatic heterocycles. The van der Waals surface area contributed by atoms with Crippen LogP contribution in [0.25, 0.3) is 11.3 Å². The van der Waals surface area contributed by atoms with Gasteiger partial charge in [0.15, 0.2) is 5.13 Å². The van der Waals surface area contributed by atoms with Gasteiger partial charge in [-0.25, -0.2) is 4.98 Å². The molecule has 0 aliphatic carbocycles. The average Bonchev–Trinajstić information content (AvgIpc) is 3.48. The number of likely N-dealkylation sites (tertiary alicyclic amines) is 1.